The predicted molar refractivity (Wildman–Crippen MR) is 64.7 cm³/mol. The second kappa shape index (κ2) is 5.34. The minimum absolute atomic E-state index is 0.731. The third-order valence-corrected chi connectivity index (χ3v) is 3.51. The van der Waals surface area contributed by atoms with E-state index in [1.54, 1.807) is 0 Å². The fourth-order valence-electron chi connectivity index (χ4n) is 1.34. The van der Waals surface area contributed by atoms with Crippen molar-refractivity contribution in [2.75, 3.05) is 7.05 Å². The van der Waals surface area contributed by atoms with E-state index in [4.69, 9.17) is 11.6 Å². The van der Waals surface area contributed by atoms with Crippen molar-refractivity contribution >= 4 is 23.4 Å². The Bertz CT molecular complexity index is 458. The number of H-pyrrole nitrogens is 1. The lowest BCUT2D eigenvalue weighted by molar-refractivity contribution is 0.803. The van der Waals surface area contributed by atoms with Gasteiger partial charge in [0.2, 0.25) is 0 Å². The SMILES string of the molecule is CNCc1cccc(Cl)c1Sc1ncn[nH]1. The summed E-state index contributed by atoms with van der Waals surface area (Å²) in [6.07, 6.45) is 1.48. The summed E-state index contributed by atoms with van der Waals surface area (Å²) >= 11 is 7.66. The van der Waals surface area contributed by atoms with E-state index in [0.29, 0.717) is 0 Å². The van der Waals surface area contributed by atoms with E-state index >= 15 is 0 Å². The summed E-state index contributed by atoms with van der Waals surface area (Å²) in [7, 11) is 1.91. The van der Waals surface area contributed by atoms with Crippen molar-refractivity contribution < 1.29 is 0 Å². The molecule has 0 fully saturated rings. The first-order chi connectivity index (χ1) is 7.81. The van der Waals surface area contributed by atoms with Crippen LogP contribution >= 0.6 is 23.4 Å². The normalized spacial score (nSPS) is 10.6. The second-order valence-corrected chi connectivity index (χ2v) is 4.56. The number of hydrogen-bond acceptors (Lipinski definition) is 4. The molecule has 0 aliphatic heterocycles. The lowest BCUT2D eigenvalue weighted by Crippen LogP contribution is -2.06. The van der Waals surface area contributed by atoms with Gasteiger partial charge in [-0.1, -0.05) is 23.7 Å². The van der Waals surface area contributed by atoms with E-state index < -0.39 is 0 Å². The van der Waals surface area contributed by atoms with Crippen LogP contribution in [0.3, 0.4) is 0 Å². The number of halogens is 1. The molecule has 2 rings (SSSR count). The Morgan fingerprint density at radius 3 is 3.06 bits per heavy atom. The van der Waals surface area contributed by atoms with Crippen molar-refractivity contribution in [2.45, 2.75) is 16.6 Å². The van der Waals surface area contributed by atoms with Gasteiger partial charge in [-0.05, 0) is 30.4 Å². The highest BCUT2D eigenvalue weighted by Gasteiger charge is 2.09. The Kier molecular flexibility index (Phi) is 3.82. The standard InChI is InChI=1S/C10H11ClN4S/c1-12-5-7-3-2-4-8(11)9(7)16-10-13-6-14-15-10/h2-4,6,12H,5H2,1H3,(H,13,14,15). The first-order valence-corrected chi connectivity index (χ1v) is 5.96. The number of hydrogen-bond donors (Lipinski definition) is 2. The van der Waals surface area contributed by atoms with Crippen LogP contribution in [0.25, 0.3) is 0 Å². The molecule has 0 aliphatic carbocycles. The van der Waals surface area contributed by atoms with Gasteiger partial charge in [-0.25, -0.2) is 4.98 Å². The van der Waals surface area contributed by atoms with E-state index in [0.717, 1.165) is 27.2 Å². The Labute approximate surface area is 103 Å². The van der Waals surface area contributed by atoms with Crippen LogP contribution < -0.4 is 5.32 Å². The first-order valence-electron chi connectivity index (χ1n) is 4.76. The highest BCUT2D eigenvalue weighted by molar-refractivity contribution is 7.99. The molecule has 2 N–H and O–H groups in total. The maximum Gasteiger partial charge on any atom is 0.188 e. The Morgan fingerprint density at radius 1 is 1.50 bits per heavy atom. The Morgan fingerprint density at radius 2 is 2.38 bits per heavy atom. The van der Waals surface area contributed by atoms with Gasteiger partial charge in [0.15, 0.2) is 5.16 Å². The van der Waals surface area contributed by atoms with Crippen LogP contribution in [0.15, 0.2) is 34.6 Å². The lowest BCUT2D eigenvalue weighted by Gasteiger charge is -2.08. The zero-order chi connectivity index (χ0) is 11.4. The van der Waals surface area contributed by atoms with Gasteiger partial charge in [-0.2, -0.15) is 5.10 Å². The molecule has 0 bridgehead atoms. The molecule has 4 nitrogen and oxygen atoms in total. The maximum absolute atomic E-state index is 6.17. The van der Waals surface area contributed by atoms with Gasteiger partial charge in [0.05, 0.1) is 5.02 Å². The molecule has 16 heavy (non-hydrogen) atoms. The summed E-state index contributed by atoms with van der Waals surface area (Å²) in [5.74, 6) is 0. The summed E-state index contributed by atoms with van der Waals surface area (Å²) in [6, 6.07) is 5.86. The van der Waals surface area contributed by atoms with Crippen molar-refractivity contribution in [1.29, 1.82) is 0 Å². The van der Waals surface area contributed by atoms with Gasteiger partial charge >= 0.3 is 0 Å². The third kappa shape index (κ3) is 2.55. The number of rotatable bonds is 4. The molecule has 1 heterocycles. The lowest BCUT2D eigenvalue weighted by atomic mass is 10.2. The van der Waals surface area contributed by atoms with Crippen LogP contribution in [0.4, 0.5) is 0 Å². The van der Waals surface area contributed by atoms with Crippen molar-refractivity contribution in [2.24, 2.45) is 0 Å². The fraction of sp³-hybridized carbons (Fsp3) is 0.200. The maximum atomic E-state index is 6.17. The van der Waals surface area contributed by atoms with Gasteiger partial charge in [0.25, 0.3) is 0 Å². The van der Waals surface area contributed by atoms with Crippen molar-refractivity contribution in [3.63, 3.8) is 0 Å². The molecule has 1 aromatic heterocycles. The highest BCUT2D eigenvalue weighted by Crippen LogP contribution is 2.33. The molecule has 6 heteroatoms. The molecule has 0 aliphatic rings. The molecule has 2 aromatic rings. The molecule has 0 saturated heterocycles. The molecular weight excluding hydrogens is 244 g/mol. The average Bonchev–Trinajstić information content (AvgIpc) is 2.76. The van der Waals surface area contributed by atoms with E-state index in [1.807, 2.05) is 25.2 Å². The molecule has 0 saturated carbocycles. The van der Waals surface area contributed by atoms with Crippen molar-refractivity contribution in [3.8, 4) is 0 Å². The van der Waals surface area contributed by atoms with Crippen LogP contribution in [-0.2, 0) is 6.54 Å². The number of aromatic amines is 1. The van der Waals surface area contributed by atoms with Crippen LogP contribution in [0, 0.1) is 0 Å². The molecule has 0 atom stereocenters. The molecule has 0 amide bonds. The number of nitrogens with one attached hydrogen (secondary N) is 2. The number of benzene rings is 1. The zero-order valence-electron chi connectivity index (χ0n) is 8.70. The van der Waals surface area contributed by atoms with Gasteiger partial charge in [0.1, 0.15) is 6.33 Å². The third-order valence-electron chi connectivity index (χ3n) is 2.01. The molecule has 0 spiro atoms. The van der Waals surface area contributed by atoms with Crippen molar-refractivity contribution in [3.05, 3.63) is 35.1 Å². The van der Waals surface area contributed by atoms with E-state index in [9.17, 15) is 0 Å². The van der Waals surface area contributed by atoms with Crippen LogP contribution in [0.1, 0.15) is 5.56 Å². The first kappa shape index (κ1) is 11.4. The van der Waals surface area contributed by atoms with Crippen molar-refractivity contribution in [1.82, 2.24) is 20.5 Å². The summed E-state index contributed by atoms with van der Waals surface area (Å²) in [4.78, 5) is 5.08. The Balaban J connectivity index is 2.30. The summed E-state index contributed by atoms with van der Waals surface area (Å²) < 4.78 is 0. The quantitative estimate of drug-likeness (QED) is 0.879. The smallest absolute Gasteiger partial charge is 0.188 e. The Hall–Kier alpha value is -1.04. The van der Waals surface area contributed by atoms with Gasteiger partial charge in [-0.3, -0.25) is 5.10 Å². The summed E-state index contributed by atoms with van der Waals surface area (Å²) in [6.45, 7) is 0.775. The topological polar surface area (TPSA) is 53.6 Å². The zero-order valence-corrected chi connectivity index (χ0v) is 10.3. The van der Waals surface area contributed by atoms with Gasteiger partial charge < -0.3 is 5.32 Å². The summed E-state index contributed by atoms with van der Waals surface area (Å²) in [5.41, 5.74) is 1.15. The second-order valence-electron chi connectivity index (χ2n) is 3.15. The van der Waals surface area contributed by atoms with E-state index in [2.05, 4.69) is 20.5 Å². The molecule has 84 valence electrons. The highest BCUT2D eigenvalue weighted by atomic mass is 35.5. The van der Waals surface area contributed by atoms with Crippen LogP contribution in [-0.4, -0.2) is 22.2 Å². The van der Waals surface area contributed by atoms with E-state index in [-0.39, 0.29) is 0 Å². The monoisotopic (exact) mass is 254 g/mol. The number of nitrogens with zero attached hydrogens (tertiary/aromatic N) is 2. The van der Waals surface area contributed by atoms with Gasteiger partial charge in [0, 0.05) is 11.4 Å². The van der Waals surface area contributed by atoms with Crippen LogP contribution in [0.5, 0.6) is 0 Å². The average molecular weight is 255 g/mol. The summed E-state index contributed by atoms with van der Waals surface area (Å²) in [5, 5.41) is 11.2. The minimum Gasteiger partial charge on any atom is -0.316 e. The van der Waals surface area contributed by atoms with E-state index in [1.165, 1.54) is 18.1 Å². The van der Waals surface area contributed by atoms with Crippen LogP contribution in [0.2, 0.25) is 5.02 Å². The molecule has 0 radical (unpaired) electrons. The number of aromatic nitrogens is 3. The molecular formula is C10H11ClN4S. The molecule has 0 unspecified atom stereocenters. The molecule has 1 aromatic carbocycles. The minimum atomic E-state index is 0.731. The predicted octanol–water partition coefficient (Wildman–Crippen LogP) is 2.33. The largest absolute Gasteiger partial charge is 0.316 e. The fourth-order valence-corrected chi connectivity index (χ4v) is 2.48. The van der Waals surface area contributed by atoms with Gasteiger partial charge in [-0.15, -0.1) is 0 Å².